The van der Waals surface area contributed by atoms with E-state index >= 15 is 4.39 Å². The summed E-state index contributed by atoms with van der Waals surface area (Å²) in [6.45, 7) is 8.16. The Labute approximate surface area is 276 Å². The second-order valence-electron chi connectivity index (χ2n) is 12.3. The van der Waals surface area contributed by atoms with Crippen molar-refractivity contribution in [1.29, 1.82) is 0 Å². The first-order valence-electron chi connectivity index (χ1n) is 14.9. The van der Waals surface area contributed by atoms with E-state index in [4.69, 9.17) is 11.6 Å². The maximum Gasteiger partial charge on any atom is 0.264 e. The Hall–Kier alpha value is -4.21. The molecule has 4 rings (SSSR count). The van der Waals surface area contributed by atoms with Gasteiger partial charge in [0.05, 0.1) is 10.6 Å². The highest BCUT2D eigenvalue weighted by Crippen LogP contribution is 2.29. The third-order valence-electron chi connectivity index (χ3n) is 7.40. The summed E-state index contributed by atoms with van der Waals surface area (Å²) >= 11 is 6.43. The molecule has 0 fully saturated rings. The number of nitrogens with one attached hydrogen (secondary N) is 1. The lowest BCUT2D eigenvalue weighted by atomic mass is 10.0. The Morgan fingerprint density at radius 1 is 0.891 bits per heavy atom. The highest BCUT2D eigenvalue weighted by molar-refractivity contribution is 7.92. The third-order valence-corrected chi connectivity index (χ3v) is 9.59. The van der Waals surface area contributed by atoms with Crippen molar-refractivity contribution in [2.24, 2.45) is 0 Å². The van der Waals surface area contributed by atoms with E-state index in [0.717, 1.165) is 21.0 Å². The second-order valence-corrected chi connectivity index (χ2v) is 14.6. The van der Waals surface area contributed by atoms with Crippen molar-refractivity contribution < 1.29 is 22.4 Å². The molecule has 242 valence electrons. The van der Waals surface area contributed by atoms with Gasteiger partial charge in [-0.15, -0.1) is 0 Å². The van der Waals surface area contributed by atoms with E-state index < -0.39 is 45.8 Å². The van der Waals surface area contributed by atoms with Gasteiger partial charge in [-0.25, -0.2) is 12.8 Å². The Morgan fingerprint density at radius 2 is 1.52 bits per heavy atom. The SMILES string of the molecule is Cc1ccc(S(=O)(=O)N(CC(=O)N(Cc2ccccc2F)[C@@H](Cc2ccccc2)C(=O)NC(C)(C)C)c2ccc(C)c(Cl)c2)cc1. The first-order chi connectivity index (χ1) is 21.7. The van der Waals surface area contributed by atoms with Gasteiger partial charge in [0.1, 0.15) is 18.4 Å². The normalized spacial score (nSPS) is 12.3. The van der Waals surface area contributed by atoms with E-state index in [0.29, 0.717) is 5.02 Å². The quantitative estimate of drug-likeness (QED) is 0.190. The molecule has 0 aromatic heterocycles. The summed E-state index contributed by atoms with van der Waals surface area (Å²) in [6.07, 6.45) is 0.115. The molecule has 4 aromatic carbocycles. The summed E-state index contributed by atoms with van der Waals surface area (Å²) in [6, 6.07) is 25.1. The van der Waals surface area contributed by atoms with Crippen molar-refractivity contribution in [3.05, 3.63) is 130 Å². The predicted molar refractivity (Wildman–Crippen MR) is 181 cm³/mol. The van der Waals surface area contributed by atoms with Crippen LogP contribution in [0.4, 0.5) is 10.1 Å². The van der Waals surface area contributed by atoms with Crippen molar-refractivity contribution in [2.75, 3.05) is 10.8 Å². The van der Waals surface area contributed by atoms with Crippen LogP contribution in [0.15, 0.2) is 102 Å². The first kappa shape index (κ1) is 34.7. The smallest absolute Gasteiger partial charge is 0.264 e. The fourth-order valence-corrected chi connectivity index (χ4v) is 6.50. The van der Waals surface area contributed by atoms with Gasteiger partial charge in [-0.3, -0.25) is 13.9 Å². The number of nitrogens with zero attached hydrogens (tertiary/aromatic N) is 2. The minimum Gasteiger partial charge on any atom is -0.350 e. The van der Waals surface area contributed by atoms with Crippen molar-refractivity contribution in [3.8, 4) is 0 Å². The number of rotatable bonds is 11. The molecule has 1 N–H and O–H groups in total. The average Bonchev–Trinajstić information content (AvgIpc) is 2.99. The van der Waals surface area contributed by atoms with Gasteiger partial charge in [0.2, 0.25) is 11.8 Å². The van der Waals surface area contributed by atoms with Gasteiger partial charge >= 0.3 is 0 Å². The third kappa shape index (κ3) is 8.73. The minimum absolute atomic E-state index is 0.0189. The highest BCUT2D eigenvalue weighted by atomic mass is 35.5. The van der Waals surface area contributed by atoms with Gasteiger partial charge in [0.15, 0.2) is 0 Å². The summed E-state index contributed by atoms with van der Waals surface area (Å²) in [5, 5.41) is 3.28. The molecule has 0 aliphatic rings. The molecule has 46 heavy (non-hydrogen) atoms. The summed E-state index contributed by atoms with van der Waals surface area (Å²) in [7, 11) is -4.29. The molecule has 0 bridgehead atoms. The van der Waals surface area contributed by atoms with Crippen LogP contribution in [0.1, 0.15) is 43.0 Å². The molecule has 4 aromatic rings. The lowest BCUT2D eigenvalue weighted by molar-refractivity contribution is -0.140. The maximum atomic E-state index is 15.1. The van der Waals surface area contributed by atoms with Crippen molar-refractivity contribution in [2.45, 2.75) is 64.1 Å². The number of benzene rings is 4. The summed E-state index contributed by atoms with van der Waals surface area (Å²) < 4.78 is 44.4. The molecule has 0 aliphatic carbocycles. The lowest BCUT2D eigenvalue weighted by Crippen LogP contribution is -2.56. The number of sulfonamides is 1. The van der Waals surface area contributed by atoms with Crippen LogP contribution in [-0.4, -0.2) is 43.3 Å². The molecule has 0 unspecified atom stereocenters. The zero-order valence-corrected chi connectivity index (χ0v) is 28.2. The molecule has 10 heteroatoms. The molecule has 0 heterocycles. The lowest BCUT2D eigenvalue weighted by Gasteiger charge is -2.35. The second kappa shape index (κ2) is 14.5. The van der Waals surface area contributed by atoms with Crippen molar-refractivity contribution in [1.82, 2.24) is 10.2 Å². The molecular formula is C36H39ClFN3O4S. The van der Waals surface area contributed by atoms with E-state index in [-0.39, 0.29) is 29.1 Å². The van der Waals surface area contributed by atoms with Crippen LogP contribution in [0, 0.1) is 19.7 Å². The van der Waals surface area contributed by atoms with Gasteiger partial charge in [-0.2, -0.15) is 0 Å². The molecule has 0 radical (unpaired) electrons. The molecule has 0 spiro atoms. The zero-order valence-electron chi connectivity index (χ0n) is 26.6. The molecule has 0 saturated carbocycles. The molecule has 1 atom stereocenters. The fraction of sp³-hybridized carbons (Fsp3) is 0.278. The Kier molecular flexibility index (Phi) is 10.9. The number of halogens is 2. The fourth-order valence-electron chi connectivity index (χ4n) is 4.92. The highest BCUT2D eigenvalue weighted by Gasteiger charge is 2.36. The Bertz CT molecular complexity index is 1790. The number of hydrogen-bond donors (Lipinski definition) is 1. The maximum absolute atomic E-state index is 15.1. The topological polar surface area (TPSA) is 86.8 Å². The Balaban J connectivity index is 1.84. The predicted octanol–water partition coefficient (Wildman–Crippen LogP) is 6.85. The van der Waals surface area contributed by atoms with Gasteiger partial charge in [0.25, 0.3) is 10.0 Å². The van der Waals surface area contributed by atoms with Crippen LogP contribution in [-0.2, 0) is 32.6 Å². The van der Waals surface area contributed by atoms with Crippen LogP contribution in [0.2, 0.25) is 5.02 Å². The van der Waals surface area contributed by atoms with Crippen molar-refractivity contribution >= 4 is 39.1 Å². The van der Waals surface area contributed by atoms with Crippen LogP contribution < -0.4 is 9.62 Å². The summed E-state index contributed by atoms with van der Waals surface area (Å²) in [5.41, 5.74) is 2.09. The van der Waals surface area contributed by atoms with E-state index in [2.05, 4.69) is 5.32 Å². The number of hydrogen-bond acceptors (Lipinski definition) is 4. The van der Waals surface area contributed by atoms with E-state index in [1.165, 1.54) is 41.3 Å². The molecule has 0 aliphatic heterocycles. The number of aryl methyl sites for hydroxylation is 2. The summed E-state index contributed by atoms with van der Waals surface area (Å²) in [5.74, 6) is -1.70. The number of carbonyl (C=O) groups excluding carboxylic acids is 2. The molecule has 0 saturated heterocycles. The van der Waals surface area contributed by atoms with E-state index in [1.54, 1.807) is 37.3 Å². The first-order valence-corrected chi connectivity index (χ1v) is 16.7. The zero-order chi connectivity index (χ0) is 33.6. The van der Waals surface area contributed by atoms with Crippen LogP contribution >= 0.6 is 11.6 Å². The number of anilines is 1. The van der Waals surface area contributed by atoms with Crippen LogP contribution in [0.25, 0.3) is 0 Å². The standard InChI is InChI=1S/C36H39ClFN3O4S/c1-25-15-19-30(20-16-25)46(44,45)41(29-18-17-26(2)31(37)22-29)24-34(42)40(23-28-13-9-10-14-32(28)38)33(35(43)39-36(3,4)5)21-27-11-7-6-8-12-27/h6-20,22,33H,21,23-24H2,1-5H3,(H,39,43)/t33-/m0/s1. The van der Waals surface area contributed by atoms with Gasteiger partial charge < -0.3 is 10.2 Å². The van der Waals surface area contributed by atoms with Crippen molar-refractivity contribution in [3.63, 3.8) is 0 Å². The number of carbonyl (C=O) groups is 2. The van der Waals surface area contributed by atoms with E-state index in [1.807, 2.05) is 58.0 Å². The molecule has 2 amide bonds. The van der Waals surface area contributed by atoms with Gasteiger partial charge in [-0.05, 0) is 76.1 Å². The average molecular weight is 664 g/mol. The van der Waals surface area contributed by atoms with Crippen LogP contribution in [0.3, 0.4) is 0 Å². The van der Waals surface area contributed by atoms with Crippen LogP contribution in [0.5, 0.6) is 0 Å². The monoisotopic (exact) mass is 663 g/mol. The molecular weight excluding hydrogens is 625 g/mol. The summed E-state index contributed by atoms with van der Waals surface area (Å²) in [4.78, 5) is 29.7. The van der Waals surface area contributed by atoms with E-state index in [9.17, 15) is 18.0 Å². The Morgan fingerprint density at radius 3 is 2.13 bits per heavy atom. The minimum atomic E-state index is -4.29. The largest absolute Gasteiger partial charge is 0.350 e. The van der Waals surface area contributed by atoms with Gasteiger partial charge in [0, 0.05) is 29.1 Å². The molecule has 7 nitrogen and oxygen atoms in total. The van der Waals surface area contributed by atoms with Gasteiger partial charge in [-0.1, -0.05) is 83.9 Å². The number of amides is 2.